The second kappa shape index (κ2) is 18.2. The van der Waals surface area contributed by atoms with Crippen molar-refractivity contribution in [2.75, 3.05) is 13.1 Å². The minimum atomic E-state index is -0.358. The molecule has 1 fully saturated rings. The van der Waals surface area contributed by atoms with E-state index in [-0.39, 0.29) is 99.8 Å². The lowest BCUT2D eigenvalue weighted by Gasteiger charge is -2.45. The summed E-state index contributed by atoms with van der Waals surface area (Å²) in [5, 5.41) is 38.3. The van der Waals surface area contributed by atoms with Crippen LogP contribution >= 0.6 is 0 Å². The SMILES string of the molecule is CC(C)(C)c1cc(CCC(=O)N2CCCN(C(=O)CCc3cc(C(C)(C)C)c(O)c(C(C)(C)C)c3)N2C(=O)CCc2cc(C(C)(C)C)c(O)c(C(C)(C)C)c2)cc(C(C)(C)C)c1O. The van der Waals surface area contributed by atoms with Crippen molar-refractivity contribution in [2.24, 2.45) is 0 Å². The second-order valence-corrected chi connectivity index (χ2v) is 24.2. The molecule has 0 aromatic heterocycles. The van der Waals surface area contributed by atoms with Gasteiger partial charge in [0.15, 0.2) is 0 Å². The molecule has 3 aromatic rings. The summed E-state index contributed by atoms with van der Waals surface area (Å²) in [6, 6.07) is 11.9. The van der Waals surface area contributed by atoms with Crippen molar-refractivity contribution in [2.45, 2.75) is 202 Å². The molecule has 4 rings (SSSR count). The van der Waals surface area contributed by atoms with Crippen molar-refractivity contribution in [3.8, 4) is 17.2 Å². The van der Waals surface area contributed by atoms with E-state index in [9.17, 15) is 29.7 Å². The average Bonchev–Trinajstić information content (AvgIpc) is 3.13. The molecule has 0 bridgehead atoms. The van der Waals surface area contributed by atoms with Gasteiger partial charge >= 0.3 is 0 Å². The molecule has 1 heterocycles. The lowest BCUT2D eigenvalue weighted by Crippen LogP contribution is -2.63. The van der Waals surface area contributed by atoms with Crippen molar-refractivity contribution in [3.05, 3.63) is 86.5 Å². The molecule has 0 aliphatic carbocycles. The maximum Gasteiger partial charge on any atom is 0.261 e. The van der Waals surface area contributed by atoms with Gasteiger partial charge in [0.25, 0.3) is 5.91 Å². The third-order valence-electron chi connectivity index (χ3n) is 12.2. The van der Waals surface area contributed by atoms with E-state index in [1.165, 1.54) is 15.1 Å². The zero-order valence-corrected chi connectivity index (χ0v) is 42.2. The summed E-state index contributed by atoms with van der Waals surface area (Å²) in [6.45, 7) is 37.7. The monoisotopic (exact) mass is 868 g/mol. The number of amides is 3. The number of aryl methyl sites for hydroxylation is 3. The molecule has 9 nitrogen and oxygen atoms in total. The number of aromatic hydroxyl groups is 3. The third kappa shape index (κ3) is 12.2. The van der Waals surface area contributed by atoms with E-state index >= 15 is 0 Å². The van der Waals surface area contributed by atoms with Crippen molar-refractivity contribution >= 4 is 17.7 Å². The van der Waals surface area contributed by atoms with Crippen molar-refractivity contribution < 1.29 is 29.7 Å². The van der Waals surface area contributed by atoms with Gasteiger partial charge < -0.3 is 15.3 Å². The summed E-state index contributed by atoms with van der Waals surface area (Å²) < 4.78 is 0. The molecular weight excluding hydrogens is 787 g/mol. The van der Waals surface area contributed by atoms with Crippen LogP contribution < -0.4 is 0 Å². The summed E-state index contributed by atoms with van der Waals surface area (Å²) in [6.07, 6.45) is 1.88. The Kier molecular flexibility index (Phi) is 14.7. The number of nitrogens with zero attached hydrogens (tertiary/aromatic N) is 3. The number of hydrazine groups is 2. The molecule has 348 valence electrons. The Labute approximate surface area is 380 Å². The highest BCUT2D eigenvalue weighted by Crippen LogP contribution is 2.43. The van der Waals surface area contributed by atoms with E-state index in [2.05, 4.69) is 125 Å². The van der Waals surface area contributed by atoms with Gasteiger partial charge in [0.05, 0.1) is 0 Å². The molecule has 63 heavy (non-hydrogen) atoms. The first-order chi connectivity index (χ1) is 28.5. The zero-order valence-electron chi connectivity index (χ0n) is 42.2. The van der Waals surface area contributed by atoms with E-state index in [0.717, 1.165) is 50.1 Å². The molecule has 0 radical (unpaired) electrons. The highest BCUT2D eigenvalue weighted by Gasteiger charge is 2.38. The predicted octanol–water partition coefficient (Wildman–Crippen LogP) is 11.5. The molecule has 1 aliphatic rings. The van der Waals surface area contributed by atoms with Gasteiger partial charge in [-0.15, -0.1) is 0 Å². The predicted molar refractivity (Wildman–Crippen MR) is 256 cm³/mol. The van der Waals surface area contributed by atoms with Gasteiger partial charge in [-0.05, 0) is 108 Å². The van der Waals surface area contributed by atoms with Crippen LogP contribution in [0.3, 0.4) is 0 Å². The molecule has 0 atom stereocenters. The number of hydrogen-bond acceptors (Lipinski definition) is 6. The molecule has 1 saturated heterocycles. The van der Waals surface area contributed by atoms with Gasteiger partial charge in [-0.25, -0.2) is 10.0 Å². The number of carbonyl (C=O) groups excluding carboxylic acids is 3. The fourth-order valence-electron chi connectivity index (χ4n) is 8.48. The zero-order chi connectivity index (χ0) is 48.0. The highest BCUT2D eigenvalue weighted by atomic mass is 16.3. The normalized spacial score (nSPS) is 14.7. The largest absolute Gasteiger partial charge is 0.507 e. The van der Waals surface area contributed by atoms with Crippen LogP contribution in [0.4, 0.5) is 0 Å². The van der Waals surface area contributed by atoms with Crippen molar-refractivity contribution in [1.29, 1.82) is 0 Å². The van der Waals surface area contributed by atoms with E-state index < -0.39 is 0 Å². The highest BCUT2D eigenvalue weighted by molar-refractivity contribution is 5.86. The standard InChI is InChI=1S/C54H81N3O6/c1-49(2,3)37-28-34(29-38(46(37)61)50(4,5)6)20-23-43(58)55-26-19-27-56(44(59)24-21-35-30-39(51(7,8)9)47(62)40(31-35)52(10,11)12)57(55)45(60)25-22-36-32-41(53(13,14)15)48(63)42(33-36)54(16,17)18/h28-33,61-63H,19-27H2,1-18H3. The molecule has 3 amide bonds. The van der Waals surface area contributed by atoms with Crippen LogP contribution in [0.25, 0.3) is 0 Å². The molecule has 3 aromatic carbocycles. The van der Waals surface area contributed by atoms with Crippen LogP contribution in [0.1, 0.15) is 200 Å². The summed E-state index contributed by atoms with van der Waals surface area (Å²) in [4.78, 5) is 43.7. The van der Waals surface area contributed by atoms with Crippen LogP contribution in [0.15, 0.2) is 36.4 Å². The fraction of sp³-hybridized carbons (Fsp3) is 0.611. The van der Waals surface area contributed by atoms with Crippen molar-refractivity contribution in [1.82, 2.24) is 15.1 Å². The number of benzene rings is 3. The minimum Gasteiger partial charge on any atom is -0.507 e. The lowest BCUT2D eigenvalue weighted by atomic mass is 9.78. The number of phenolic OH excluding ortho intramolecular Hbond substituents is 3. The van der Waals surface area contributed by atoms with Crippen LogP contribution in [0, 0.1) is 0 Å². The summed E-state index contributed by atoms with van der Waals surface area (Å²) in [5.74, 6) is -0.0560. The maximum absolute atomic E-state index is 14.7. The Morgan fingerprint density at radius 1 is 0.397 bits per heavy atom. The summed E-state index contributed by atoms with van der Waals surface area (Å²) in [7, 11) is 0. The van der Waals surface area contributed by atoms with Crippen LogP contribution in [0.2, 0.25) is 0 Å². The van der Waals surface area contributed by atoms with Gasteiger partial charge in [-0.1, -0.05) is 161 Å². The maximum atomic E-state index is 14.7. The molecule has 9 heteroatoms. The molecule has 1 aliphatic heterocycles. The number of phenols is 3. The molecule has 0 unspecified atom stereocenters. The first-order valence-corrected chi connectivity index (χ1v) is 23.1. The Morgan fingerprint density at radius 3 is 0.810 bits per heavy atom. The smallest absolute Gasteiger partial charge is 0.261 e. The Bertz CT molecular complexity index is 1970. The quantitative estimate of drug-likeness (QED) is 0.197. The molecule has 0 spiro atoms. The number of carbonyl (C=O) groups is 3. The van der Waals surface area contributed by atoms with E-state index in [1.54, 1.807) is 0 Å². The van der Waals surface area contributed by atoms with Gasteiger partial charge in [-0.2, -0.15) is 5.12 Å². The van der Waals surface area contributed by atoms with E-state index in [0.29, 0.717) is 25.7 Å². The Morgan fingerprint density at radius 2 is 0.603 bits per heavy atom. The summed E-state index contributed by atoms with van der Waals surface area (Å²) >= 11 is 0. The van der Waals surface area contributed by atoms with Gasteiger partial charge in [0, 0.05) is 32.4 Å². The van der Waals surface area contributed by atoms with Crippen LogP contribution in [-0.4, -0.2) is 61.3 Å². The minimum absolute atomic E-state index is 0.0369. The first kappa shape index (κ1) is 51.1. The Hall–Kier alpha value is -4.53. The van der Waals surface area contributed by atoms with Crippen LogP contribution in [0.5, 0.6) is 17.2 Å². The third-order valence-corrected chi connectivity index (χ3v) is 12.2. The van der Waals surface area contributed by atoms with Crippen LogP contribution in [-0.2, 0) is 66.1 Å². The van der Waals surface area contributed by atoms with E-state index in [4.69, 9.17) is 0 Å². The first-order valence-electron chi connectivity index (χ1n) is 23.1. The van der Waals surface area contributed by atoms with Crippen molar-refractivity contribution in [3.63, 3.8) is 0 Å². The molecule has 3 N–H and O–H groups in total. The number of hydrogen-bond donors (Lipinski definition) is 3. The summed E-state index contributed by atoms with van der Waals surface area (Å²) in [5.41, 5.74) is 5.63. The van der Waals surface area contributed by atoms with Gasteiger partial charge in [0.1, 0.15) is 17.2 Å². The van der Waals surface area contributed by atoms with E-state index in [1.807, 2.05) is 36.4 Å². The number of rotatable bonds is 9. The topological polar surface area (TPSA) is 122 Å². The molecular formula is C54H81N3O6. The average molecular weight is 868 g/mol. The second-order valence-electron chi connectivity index (χ2n) is 24.2. The van der Waals surface area contributed by atoms with Gasteiger partial charge in [0.2, 0.25) is 11.8 Å². The Balaban J connectivity index is 1.72. The fourth-order valence-corrected chi connectivity index (χ4v) is 8.48. The molecule has 0 saturated carbocycles. The van der Waals surface area contributed by atoms with Gasteiger partial charge in [-0.3, -0.25) is 14.4 Å². The lowest BCUT2D eigenvalue weighted by molar-refractivity contribution is -0.217.